The van der Waals surface area contributed by atoms with Crippen LogP contribution in [0.1, 0.15) is 43.6 Å². The van der Waals surface area contributed by atoms with Crippen LogP contribution in [0.15, 0.2) is 18.2 Å². The van der Waals surface area contributed by atoms with E-state index in [2.05, 4.69) is 20.8 Å². The third-order valence-electron chi connectivity index (χ3n) is 2.44. The van der Waals surface area contributed by atoms with Crippen molar-refractivity contribution in [2.45, 2.75) is 33.1 Å². The van der Waals surface area contributed by atoms with Crippen molar-refractivity contribution >= 4 is 5.78 Å². The highest BCUT2D eigenvalue weighted by atomic mass is 16.5. The maximum atomic E-state index is 11.4. The van der Waals surface area contributed by atoms with E-state index in [-0.39, 0.29) is 11.2 Å². The lowest BCUT2D eigenvalue weighted by atomic mass is 9.85. The second-order valence-corrected chi connectivity index (χ2v) is 4.72. The molecule has 0 aromatic heterocycles. The molecule has 0 aliphatic heterocycles. The van der Waals surface area contributed by atoms with Crippen LogP contribution in [-0.4, -0.2) is 12.9 Å². The molecule has 0 saturated heterocycles. The van der Waals surface area contributed by atoms with Crippen molar-refractivity contribution in [1.29, 1.82) is 0 Å². The molecule has 0 saturated carbocycles. The second-order valence-electron chi connectivity index (χ2n) is 4.72. The zero-order valence-corrected chi connectivity index (χ0v) is 10.0. The lowest BCUT2D eigenvalue weighted by molar-refractivity contribution is 0.101. The minimum atomic E-state index is 0.0398. The molecular weight excluding hydrogens is 188 g/mol. The molecule has 0 atom stereocenters. The number of ketones is 1. The molecule has 82 valence electrons. The molecule has 2 heteroatoms. The van der Waals surface area contributed by atoms with Gasteiger partial charge < -0.3 is 4.74 Å². The number of carbonyl (C=O) groups is 1. The second kappa shape index (κ2) is 4.05. The number of rotatable bonds is 2. The lowest BCUT2D eigenvalue weighted by Gasteiger charge is -2.20. The Labute approximate surface area is 91.3 Å². The predicted molar refractivity (Wildman–Crippen MR) is 61.7 cm³/mol. The van der Waals surface area contributed by atoms with Gasteiger partial charge in [-0.1, -0.05) is 26.8 Å². The van der Waals surface area contributed by atoms with Crippen LogP contribution in [-0.2, 0) is 5.41 Å². The summed E-state index contributed by atoms with van der Waals surface area (Å²) in [5.74, 6) is 0.688. The first-order valence-electron chi connectivity index (χ1n) is 5.05. The van der Waals surface area contributed by atoms with Gasteiger partial charge >= 0.3 is 0 Å². The molecule has 0 heterocycles. The van der Waals surface area contributed by atoms with Crippen LogP contribution < -0.4 is 4.74 Å². The summed E-state index contributed by atoms with van der Waals surface area (Å²) in [6.07, 6.45) is 0. The first-order chi connectivity index (χ1) is 6.86. The number of carbonyl (C=O) groups excluding carboxylic acids is 1. The van der Waals surface area contributed by atoms with Crippen molar-refractivity contribution in [3.63, 3.8) is 0 Å². The third kappa shape index (κ3) is 2.58. The van der Waals surface area contributed by atoms with E-state index >= 15 is 0 Å². The minimum Gasteiger partial charge on any atom is -0.496 e. The Kier molecular flexibility index (Phi) is 3.18. The van der Waals surface area contributed by atoms with E-state index in [0.717, 1.165) is 5.56 Å². The highest BCUT2D eigenvalue weighted by Gasteiger charge is 2.17. The van der Waals surface area contributed by atoms with Crippen molar-refractivity contribution in [3.05, 3.63) is 29.3 Å². The van der Waals surface area contributed by atoms with Crippen molar-refractivity contribution in [1.82, 2.24) is 0 Å². The monoisotopic (exact) mass is 206 g/mol. The molecule has 0 amide bonds. The van der Waals surface area contributed by atoms with Crippen molar-refractivity contribution in [2.75, 3.05) is 7.11 Å². The largest absolute Gasteiger partial charge is 0.496 e. The maximum Gasteiger partial charge on any atom is 0.163 e. The van der Waals surface area contributed by atoms with Crippen LogP contribution in [0.3, 0.4) is 0 Å². The molecule has 0 N–H and O–H groups in total. The molecule has 0 spiro atoms. The average molecular weight is 206 g/mol. The Hall–Kier alpha value is -1.31. The van der Waals surface area contributed by atoms with Gasteiger partial charge in [-0.25, -0.2) is 0 Å². The van der Waals surface area contributed by atoms with E-state index in [1.807, 2.05) is 18.2 Å². The van der Waals surface area contributed by atoms with Crippen LogP contribution in [0, 0.1) is 0 Å². The van der Waals surface area contributed by atoms with E-state index in [4.69, 9.17) is 4.74 Å². The Balaban J connectivity index is 3.28. The van der Waals surface area contributed by atoms with Gasteiger partial charge in [0.25, 0.3) is 0 Å². The topological polar surface area (TPSA) is 26.3 Å². The highest BCUT2D eigenvalue weighted by molar-refractivity contribution is 5.97. The van der Waals surface area contributed by atoms with Gasteiger partial charge in [-0.2, -0.15) is 0 Å². The van der Waals surface area contributed by atoms with E-state index < -0.39 is 0 Å². The first-order valence-corrected chi connectivity index (χ1v) is 5.05. The molecule has 1 aromatic rings. The Bertz CT molecular complexity index is 373. The number of ether oxygens (including phenoxy) is 1. The normalized spacial score (nSPS) is 11.3. The number of hydrogen-bond donors (Lipinski definition) is 0. The van der Waals surface area contributed by atoms with Gasteiger partial charge in [0.2, 0.25) is 0 Å². The molecule has 1 aromatic carbocycles. The summed E-state index contributed by atoms with van der Waals surface area (Å²) in [6, 6.07) is 5.78. The van der Waals surface area contributed by atoms with Crippen molar-refractivity contribution in [3.8, 4) is 5.75 Å². The summed E-state index contributed by atoms with van der Waals surface area (Å²) in [4.78, 5) is 11.4. The molecule has 0 aliphatic rings. The lowest BCUT2D eigenvalue weighted by Crippen LogP contribution is -2.12. The van der Waals surface area contributed by atoms with Gasteiger partial charge in [-0.3, -0.25) is 4.79 Å². The van der Waals surface area contributed by atoms with Gasteiger partial charge in [0.15, 0.2) is 5.78 Å². The fourth-order valence-electron chi connectivity index (χ4n) is 1.45. The predicted octanol–water partition coefficient (Wildman–Crippen LogP) is 3.20. The summed E-state index contributed by atoms with van der Waals surface area (Å²) in [5.41, 5.74) is 1.86. The van der Waals surface area contributed by atoms with Crippen molar-refractivity contribution in [2.24, 2.45) is 0 Å². The molecular formula is C13H18O2. The van der Waals surface area contributed by atoms with E-state index in [0.29, 0.717) is 11.3 Å². The first kappa shape index (κ1) is 11.8. The number of hydrogen-bond acceptors (Lipinski definition) is 2. The number of Topliss-reactive ketones (excluding diaryl/α,β-unsaturated/α-hetero) is 1. The quantitative estimate of drug-likeness (QED) is 0.694. The van der Waals surface area contributed by atoms with E-state index in [1.165, 1.54) is 0 Å². The molecule has 2 nitrogen and oxygen atoms in total. The molecule has 0 fully saturated rings. The molecule has 0 aliphatic carbocycles. The molecule has 0 radical (unpaired) electrons. The third-order valence-corrected chi connectivity index (χ3v) is 2.44. The zero-order chi connectivity index (χ0) is 11.6. The van der Waals surface area contributed by atoms with Crippen molar-refractivity contribution < 1.29 is 9.53 Å². The summed E-state index contributed by atoms with van der Waals surface area (Å²) < 4.78 is 5.15. The maximum absolute atomic E-state index is 11.4. The Morgan fingerprint density at radius 3 is 2.27 bits per heavy atom. The molecule has 15 heavy (non-hydrogen) atoms. The van der Waals surface area contributed by atoms with Crippen LogP contribution in [0.2, 0.25) is 0 Å². The fourth-order valence-corrected chi connectivity index (χ4v) is 1.45. The van der Waals surface area contributed by atoms with Gasteiger partial charge in [-0.05, 0) is 30.0 Å². The Morgan fingerprint density at radius 1 is 1.27 bits per heavy atom. The summed E-state index contributed by atoms with van der Waals surface area (Å²) in [5, 5.41) is 0. The standard InChI is InChI=1S/C13H18O2/c1-9(14)11-8-10(13(2,3)4)6-7-12(11)15-5/h6-8H,1-5H3. The number of methoxy groups -OCH3 is 1. The number of benzene rings is 1. The highest BCUT2D eigenvalue weighted by Crippen LogP contribution is 2.28. The van der Waals surface area contributed by atoms with Crippen LogP contribution in [0.25, 0.3) is 0 Å². The summed E-state index contributed by atoms with van der Waals surface area (Å²) >= 11 is 0. The zero-order valence-electron chi connectivity index (χ0n) is 10.0. The SMILES string of the molecule is COc1ccc(C(C)(C)C)cc1C(C)=O. The smallest absolute Gasteiger partial charge is 0.163 e. The van der Waals surface area contributed by atoms with Gasteiger partial charge in [-0.15, -0.1) is 0 Å². The molecule has 0 bridgehead atoms. The van der Waals surface area contributed by atoms with Gasteiger partial charge in [0.1, 0.15) is 5.75 Å². The minimum absolute atomic E-state index is 0.0398. The summed E-state index contributed by atoms with van der Waals surface area (Å²) in [6.45, 7) is 7.93. The summed E-state index contributed by atoms with van der Waals surface area (Å²) in [7, 11) is 1.58. The average Bonchev–Trinajstić information content (AvgIpc) is 2.15. The van der Waals surface area contributed by atoms with Crippen LogP contribution >= 0.6 is 0 Å². The van der Waals surface area contributed by atoms with Gasteiger partial charge in [0, 0.05) is 0 Å². The van der Waals surface area contributed by atoms with Gasteiger partial charge in [0.05, 0.1) is 12.7 Å². The fraction of sp³-hybridized carbons (Fsp3) is 0.462. The van der Waals surface area contributed by atoms with Crippen LogP contribution in [0.5, 0.6) is 5.75 Å². The van der Waals surface area contributed by atoms with E-state index in [1.54, 1.807) is 14.0 Å². The van der Waals surface area contributed by atoms with E-state index in [9.17, 15) is 4.79 Å². The Morgan fingerprint density at radius 2 is 1.87 bits per heavy atom. The molecule has 1 rings (SSSR count). The molecule has 0 unspecified atom stereocenters. The van der Waals surface area contributed by atoms with Crippen LogP contribution in [0.4, 0.5) is 0 Å².